The Bertz CT molecular complexity index is 922. The van der Waals surface area contributed by atoms with Crippen molar-refractivity contribution >= 4 is 11.9 Å². The summed E-state index contributed by atoms with van der Waals surface area (Å²) in [6.45, 7) is 2.04. The predicted octanol–water partition coefficient (Wildman–Crippen LogP) is 4.91. The van der Waals surface area contributed by atoms with E-state index in [0.29, 0.717) is 18.1 Å². The Morgan fingerprint density at radius 2 is 1.57 bits per heavy atom. The number of nitrogens with one attached hydrogen (secondary N) is 1. The number of carboxylic acid groups (broad SMARTS) is 2. The lowest BCUT2D eigenvalue weighted by atomic mass is 9.77. The van der Waals surface area contributed by atoms with Crippen molar-refractivity contribution in [1.82, 2.24) is 5.32 Å². The first kappa shape index (κ1) is 27.9. The molecular formula is C28H37NO6. The van der Waals surface area contributed by atoms with Gasteiger partial charge in [0, 0.05) is 18.7 Å². The fourth-order valence-electron chi connectivity index (χ4n) is 4.46. The topological polar surface area (TPSA) is 105 Å². The van der Waals surface area contributed by atoms with E-state index < -0.39 is 11.9 Å². The Labute approximate surface area is 207 Å². The number of hydrogen-bond donors (Lipinski definition) is 3. The van der Waals surface area contributed by atoms with Gasteiger partial charge in [0.2, 0.25) is 0 Å². The van der Waals surface area contributed by atoms with Crippen LogP contribution in [0.4, 0.5) is 0 Å². The predicted molar refractivity (Wildman–Crippen MR) is 136 cm³/mol. The average molecular weight is 484 g/mol. The summed E-state index contributed by atoms with van der Waals surface area (Å²) in [4.78, 5) is 19.1. The van der Waals surface area contributed by atoms with Crippen molar-refractivity contribution in [2.24, 2.45) is 5.92 Å². The Morgan fingerprint density at radius 1 is 0.943 bits per heavy atom. The minimum absolute atomic E-state index is 0.558. The van der Waals surface area contributed by atoms with Gasteiger partial charge < -0.3 is 25.0 Å². The van der Waals surface area contributed by atoms with Crippen LogP contribution in [0.5, 0.6) is 11.5 Å². The minimum Gasteiger partial charge on any atom is -0.493 e. The first-order chi connectivity index (χ1) is 16.9. The second kappa shape index (κ2) is 15.6. The van der Waals surface area contributed by atoms with Crippen molar-refractivity contribution < 1.29 is 29.3 Å². The van der Waals surface area contributed by atoms with Crippen molar-refractivity contribution in [2.75, 3.05) is 27.3 Å². The molecule has 0 amide bonds. The molecule has 35 heavy (non-hydrogen) atoms. The maximum Gasteiger partial charge on any atom is 0.328 e. The van der Waals surface area contributed by atoms with Crippen LogP contribution in [-0.4, -0.2) is 49.5 Å². The summed E-state index contributed by atoms with van der Waals surface area (Å²) < 4.78 is 10.7. The van der Waals surface area contributed by atoms with E-state index in [1.165, 1.54) is 43.2 Å². The monoisotopic (exact) mass is 483 g/mol. The van der Waals surface area contributed by atoms with Gasteiger partial charge in [-0.05, 0) is 60.9 Å². The molecule has 0 heterocycles. The van der Waals surface area contributed by atoms with E-state index in [4.69, 9.17) is 19.7 Å². The molecule has 7 heteroatoms. The van der Waals surface area contributed by atoms with E-state index in [2.05, 4.69) is 47.8 Å². The lowest BCUT2D eigenvalue weighted by Crippen LogP contribution is -2.29. The molecule has 0 bridgehead atoms. The second-order valence-corrected chi connectivity index (χ2v) is 8.57. The van der Waals surface area contributed by atoms with Crippen molar-refractivity contribution in [3.05, 3.63) is 71.8 Å². The Hall–Kier alpha value is -3.32. The lowest BCUT2D eigenvalue weighted by molar-refractivity contribution is -0.134. The molecule has 1 aliphatic carbocycles. The number of rotatable bonds is 11. The van der Waals surface area contributed by atoms with Gasteiger partial charge in [0.15, 0.2) is 11.5 Å². The van der Waals surface area contributed by atoms with Gasteiger partial charge >= 0.3 is 11.9 Å². The van der Waals surface area contributed by atoms with E-state index in [1.807, 2.05) is 6.07 Å². The van der Waals surface area contributed by atoms with Crippen LogP contribution >= 0.6 is 0 Å². The Balaban J connectivity index is 0.000000466. The van der Waals surface area contributed by atoms with E-state index in [0.717, 1.165) is 36.9 Å². The third kappa shape index (κ3) is 10.2. The second-order valence-electron chi connectivity index (χ2n) is 8.57. The quantitative estimate of drug-likeness (QED) is 0.308. The van der Waals surface area contributed by atoms with Crippen molar-refractivity contribution in [3.8, 4) is 11.5 Å². The molecule has 1 atom stereocenters. The largest absolute Gasteiger partial charge is 0.493 e. The highest BCUT2D eigenvalue weighted by molar-refractivity contribution is 5.89. The molecule has 2 aromatic carbocycles. The fraction of sp³-hybridized carbons (Fsp3) is 0.429. The maximum atomic E-state index is 9.55. The zero-order valence-corrected chi connectivity index (χ0v) is 20.6. The summed E-state index contributed by atoms with van der Waals surface area (Å²) in [6.07, 6.45) is 9.04. The van der Waals surface area contributed by atoms with Crippen molar-refractivity contribution in [2.45, 2.75) is 44.4 Å². The summed E-state index contributed by atoms with van der Waals surface area (Å²) >= 11 is 0. The average Bonchev–Trinajstić information content (AvgIpc) is 2.88. The molecule has 1 fully saturated rings. The first-order valence-corrected chi connectivity index (χ1v) is 12.0. The normalized spacial score (nSPS) is 14.6. The van der Waals surface area contributed by atoms with Gasteiger partial charge in [-0.15, -0.1) is 0 Å². The molecular weight excluding hydrogens is 446 g/mol. The third-order valence-corrected chi connectivity index (χ3v) is 6.22. The molecule has 0 spiro atoms. The standard InChI is InChI=1S/C24H33NO2.C4H4O4/c1-26-23-14-13-19(17-24(23)27-2)15-16-25-18-22(20-9-5-3-6-10-20)21-11-7-4-8-12-21;5-3(6)1-2-4(7)8/h3,5-6,9-10,13-14,17,21-22,25H,4,7-8,11-12,15-16,18H2,1-2H3;1-2H,(H,5,6)(H,7,8)/b;2-1-. The van der Waals surface area contributed by atoms with Crippen LogP contribution in [0, 0.1) is 5.92 Å². The van der Waals surface area contributed by atoms with Gasteiger partial charge in [-0.3, -0.25) is 0 Å². The zero-order valence-electron chi connectivity index (χ0n) is 20.6. The van der Waals surface area contributed by atoms with Crippen LogP contribution in [0.2, 0.25) is 0 Å². The van der Waals surface area contributed by atoms with Crippen LogP contribution < -0.4 is 14.8 Å². The molecule has 1 saturated carbocycles. The van der Waals surface area contributed by atoms with Gasteiger partial charge in [-0.2, -0.15) is 0 Å². The zero-order chi connectivity index (χ0) is 25.5. The van der Waals surface area contributed by atoms with Crippen molar-refractivity contribution in [3.63, 3.8) is 0 Å². The molecule has 2 aromatic rings. The molecule has 0 radical (unpaired) electrons. The van der Waals surface area contributed by atoms with Gasteiger partial charge in [-0.25, -0.2) is 9.59 Å². The smallest absolute Gasteiger partial charge is 0.328 e. The van der Waals surface area contributed by atoms with Crippen LogP contribution in [-0.2, 0) is 16.0 Å². The van der Waals surface area contributed by atoms with E-state index >= 15 is 0 Å². The molecule has 3 rings (SSSR count). The molecule has 0 aliphatic heterocycles. The Morgan fingerprint density at radius 3 is 2.14 bits per heavy atom. The highest BCUT2D eigenvalue weighted by atomic mass is 16.5. The SMILES string of the molecule is COc1ccc(CCNCC(c2ccccc2)C2CCCCC2)cc1OC.O=C(O)/C=C\C(=O)O. The van der Waals surface area contributed by atoms with Crippen LogP contribution in [0.15, 0.2) is 60.7 Å². The summed E-state index contributed by atoms with van der Waals surface area (Å²) in [5, 5.41) is 19.3. The van der Waals surface area contributed by atoms with Crippen LogP contribution in [0.1, 0.15) is 49.1 Å². The molecule has 7 nitrogen and oxygen atoms in total. The van der Waals surface area contributed by atoms with Crippen molar-refractivity contribution in [1.29, 1.82) is 0 Å². The molecule has 190 valence electrons. The molecule has 1 unspecified atom stereocenters. The van der Waals surface area contributed by atoms with E-state index in [9.17, 15) is 9.59 Å². The summed E-state index contributed by atoms with van der Waals surface area (Å²) in [6, 6.07) is 17.3. The summed E-state index contributed by atoms with van der Waals surface area (Å²) in [5.74, 6) is 0.515. The lowest BCUT2D eigenvalue weighted by Gasteiger charge is -2.31. The molecule has 0 saturated heterocycles. The highest BCUT2D eigenvalue weighted by Crippen LogP contribution is 2.35. The number of carbonyl (C=O) groups is 2. The van der Waals surface area contributed by atoms with Gasteiger partial charge in [0.05, 0.1) is 14.2 Å². The van der Waals surface area contributed by atoms with E-state index in [1.54, 1.807) is 14.2 Å². The number of benzene rings is 2. The first-order valence-electron chi connectivity index (χ1n) is 12.0. The minimum atomic E-state index is -1.26. The number of hydrogen-bond acceptors (Lipinski definition) is 5. The van der Waals surface area contributed by atoms with Crippen LogP contribution in [0.3, 0.4) is 0 Å². The molecule has 0 aromatic heterocycles. The number of ether oxygens (including phenoxy) is 2. The maximum absolute atomic E-state index is 9.55. The van der Waals surface area contributed by atoms with Gasteiger partial charge in [-0.1, -0.05) is 55.7 Å². The highest BCUT2D eigenvalue weighted by Gasteiger charge is 2.24. The molecule has 1 aliphatic rings. The van der Waals surface area contributed by atoms with Crippen LogP contribution in [0.25, 0.3) is 0 Å². The Kier molecular flexibility index (Phi) is 12.4. The van der Waals surface area contributed by atoms with Gasteiger partial charge in [0.25, 0.3) is 0 Å². The fourth-order valence-corrected chi connectivity index (χ4v) is 4.46. The number of methoxy groups -OCH3 is 2. The van der Waals surface area contributed by atoms with Gasteiger partial charge in [0.1, 0.15) is 0 Å². The van der Waals surface area contributed by atoms with E-state index in [-0.39, 0.29) is 0 Å². The summed E-state index contributed by atoms with van der Waals surface area (Å²) in [5.41, 5.74) is 2.76. The number of aliphatic carboxylic acids is 2. The number of carboxylic acids is 2. The third-order valence-electron chi connectivity index (χ3n) is 6.22. The molecule has 3 N–H and O–H groups in total. The summed E-state index contributed by atoms with van der Waals surface area (Å²) in [7, 11) is 3.36.